The van der Waals surface area contributed by atoms with E-state index in [1.54, 1.807) is 23.1 Å². The molecule has 2 rings (SSSR count). The van der Waals surface area contributed by atoms with Gasteiger partial charge in [0.15, 0.2) is 0 Å². The molecule has 1 saturated heterocycles. The number of aliphatic hydroxyl groups is 1. The molecule has 1 aromatic carbocycles. The minimum absolute atomic E-state index is 0.225. The van der Waals surface area contributed by atoms with Crippen LogP contribution in [0, 0.1) is 11.3 Å². The van der Waals surface area contributed by atoms with Gasteiger partial charge in [0.2, 0.25) is 0 Å². The van der Waals surface area contributed by atoms with Crippen LogP contribution in [0.4, 0.5) is 0 Å². The van der Waals surface area contributed by atoms with Gasteiger partial charge < -0.3 is 10.2 Å². The first-order valence-electron chi connectivity index (χ1n) is 5.84. The Morgan fingerprint density at radius 2 is 2.32 bits per heavy atom. The molecule has 1 aromatic rings. The third-order valence-electron chi connectivity index (χ3n) is 3.22. The molecule has 5 nitrogen and oxygen atoms in total. The number of nitriles is 1. The van der Waals surface area contributed by atoms with Crippen molar-refractivity contribution in [3.8, 4) is 6.07 Å². The Balaban J connectivity index is 2.17. The van der Waals surface area contributed by atoms with Crippen LogP contribution < -0.4 is 0 Å². The third kappa shape index (κ3) is 3.04. The van der Waals surface area contributed by atoms with E-state index in [9.17, 15) is 9.90 Å². The summed E-state index contributed by atoms with van der Waals surface area (Å²) in [7, 11) is 0. The number of likely N-dealkylation sites (tertiary alicyclic amines) is 1. The zero-order valence-electron chi connectivity index (χ0n) is 10.1. The second-order valence-corrected chi connectivity index (χ2v) is 5.00. The zero-order valence-corrected chi connectivity index (χ0v) is 10.8. The number of halogens is 1. The van der Waals surface area contributed by atoms with Crippen molar-refractivity contribution in [2.75, 3.05) is 6.54 Å². The van der Waals surface area contributed by atoms with E-state index in [-0.39, 0.29) is 6.42 Å². The number of rotatable bonds is 3. The van der Waals surface area contributed by atoms with E-state index in [0.29, 0.717) is 23.7 Å². The number of hydrogen-bond acceptors (Lipinski definition) is 4. The Bertz CT molecular complexity index is 541. The Hall–Kier alpha value is -1.61. The molecule has 2 N–H and O–H groups in total. The minimum atomic E-state index is -0.943. The van der Waals surface area contributed by atoms with Gasteiger partial charge in [0.1, 0.15) is 6.04 Å². The number of benzene rings is 1. The average Bonchev–Trinajstić information content (AvgIpc) is 2.73. The van der Waals surface area contributed by atoms with E-state index in [4.69, 9.17) is 22.0 Å². The lowest BCUT2D eigenvalue weighted by Crippen LogP contribution is -2.35. The highest BCUT2D eigenvalue weighted by Crippen LogP contribution is 2.25. The number of aliphatic hydroxyl groups excluding tert-OH is 1. The predicted octanol–water partition coefficient (Wildman–Crippen LogP) is 1.23. The van der Waals surface area contributed by atoms with Crippen molar-refractivity contribution in [2.24, 2.45) is 0 Å². The second kappa shape index (κ2) is 5.57. The zero-order chi connectivity index (χ0) is 14.0. The smallest absolute Gasteiger partial charge is 0.321 e. The van der Waals surface area contributed by atoms with Gasteiger partial charge in [0.25, 0.3) is 0 Å². The molecule has 6 heteroatoms. The molecule has 1 aliphatic rings. The van der Waals surface area contributed by atoms with Crippen molar-refractivity contribution < 1.29 is 15.0 Å². The van der Waals surface area contributed by atoms with E-state index in [2.05, 4.69) is 0 Å². The van der Waals surface area contributed by atoms with Crippen LogP contribution in [-0.2, 0) is 11.3 Å². The molecule has 19 heavy (non-hydrogen) atoms. The largest absolute Gasteiger partial charge is 0.480 e. The number of carbonyl (C=O) groups is 1. The SMILES string of the molecule is N#Cc1ccc(CN2CC(O)CC2C(=O)O)c(Cl)c1. The number of aliphatic carboxylic acids is 1. The van der Waals surface area contributed by atoms with Crippen LogP contribution in [0.1, 0.15) is 17.5 Å². The van der Waals surface area contributed by atoms with E-state index in [0.717, 1.165) is 5.56 Å². The summed E-state index contributed by atoms with van der Waals surface area (Å²) in [5, 5.41) is 27.9. The molecule has 1 aliphatic heterocycles. The van der Waals surface area contributed by atoms with Gasteiger partial charge in [0, 0.05) is 24.5 Å². The van der Waals surface area contributed by atoms with Crippen molar-refractivity contribution in [1.29, 1.82) is 5.26 Å². The first-order valence-corrected chi connectivity index (χ1v) is 6.22. The number of carboxylic acids is 1. The van der Waals surface area contributed by atoms with Crippen LogP contribution >= 0.6 is 11.6 Å². The Morgan fingerprint density at radius 3 is 2.89 bits per heavy atom. The Labute approximate surface area is 115 Å². The molecule has 1 fully saturated rings. The molecule has 0 aliphatic carbocycles. The number of β-amino-alcohol motifs (C(OH)–C–C–N with tert-alkyl or cyclic N) is 1. The minimum Gasteiger partial charge on any atom is -0.480 e. The second-order valence-electron chi connectivity index (χ2n) is 4.59. The molecule has 2 unspecified atom stereocenters. The lowest BCUT2D eigenvalue weighted by molar-refractivity contribution is -0.142. The maximum Gasteiger partial charge on any atom is 0.321 e. The summed E-state index contributed by atoms with van der Waals surface area (Å²) in [6.45, 7) is 0.659. The van der Waals surface area contributed by atoms with Gasteiger partial charge >= 0.3 is 5.97 Å². The topological polar surface area (TPSA) is 84.6 Å². The van der Waals surface area contributed by atoms with Crippen LogP contribution in [0.25, 0.3) is 0 Å². The summed E-state index contributed by atoms with van der Waals surface area (Å²) in [5.41, 5.74) is 1.21. The third-order valence-corrected chi connectivity index (χ3v) is 3.57. The lowest BCUT2D eigenvalue weighted by atomic mass is 10.1. The van der Waals surface area contributed by atoms with E-state index in [1.165, 1.54) is 0 Å². The summed E-state index contributed by atoms with van der Waals surface area (Å²) in [5.74, 6) is -0.943. The number of hydrogen-bond donors (Lipinski definition) is 2. The standard InChI is InChI=1S/C13H13ClN2O3/c14-11-3-8(5-15)1-2-9(11)6-16-7-10(17)4-12(16)13(18)19/h1-3,10,12,17H,4,6-7H2,(H,18,19). The van der Waals surface area contributed by atoms with Gasteiger partial charge in [-0.05, 0) is 17.7 Å². The molecule has 0 radical (unpaired) electrons. The fraction of sp³-hybridized carbons (Fsp3) is 0.385. The first kappa shape index (κ1) is 13.8. The van der Waals surface area contributed by atoms with E-state index < -0.39 is 18.1 Å². The molecular formula is C13H13ClN2O3. The molecule has 0 amide bonds. The maximum absolute atomic E-state index is 11.1. The number of nitrogens with zero attached hydrogens (tertiary/aromatic N) is 2. The van der Waals surface area contributed by atoms with Crippen LogP contribution in [0.15, 0.2) is 18.2 Å². The predicted molar refractivity (Wildman–Crippen MR) is 68.6 cm³/mol. The average molecular weight is 281 g/mol. The molecule has 0 aromatic heterocycles. The first-order chi connectivity index (χ1) is 9.01. The van der Waals surface area contributed by atoms with Gasteiger partial charge in [-0.25, -0.2) is 0 Å². The molecule has 0 spiro atoms. The van der Waals surface area contributed by atoms with E-state index >= 15 is 0 Å². The molecule has 0 saturated carbocycles. The van der Waals surface area contributed by atoms with Crippen molar-refractivity contribution in [1.82, 2.24) is 4.90 Å². The van der Waals surface area contributed by atoms with Crippen LogP contribution in [0.5, 0.6) is 0 Å². The normalized spacial score (nSPS) is 23.2. The fourth-order valence-corrected chi connectivity index (χ4v) is 2.52. The molecule has 2 atom stereocenters. The summed E-state index contributed by atoms with van der Waals surface area (Å²) in [6.07, 6.45) is -0.401. The molecule has 0 bridgehead atoms. The summed E-state index contributed by atoms with van der Waals surface area (Å²) < 4.78 is 0. The van der Waals surface area contributed by atoms with Crippen LogP contribution in [-0.4, -0.2) is 39.8 Å². The highest BCUT2D eigenvalue weighted by molar-refractivity contribution is 6.31. The highest BCUT2D eigenvalue weighted by atomic mass is 35.5. The maximum atomic E-state index is 11.1. The molecule has 100 valence electrons. The van der Waals surface area contributed by atoms with Crippen LogP contribution in [0.2, 0.25) is 5.02 Å². The van der Waals surface area contributed by atoms with Gasteiger partial charge in [-0.1, -0.05) is 17.7 Å². The lowest BCUT2D eigenvalue weighted by Gasteiger charge is -2.21. The fourth-order valence-electron chi connectivity index (χ4n) is 2.27. The quantitative estimate of drug-likeness (QED) is 0.870. The molecular weight excluding hydrogens is 268 g/mol. The van der Waals surface area contributed by atoms with Crippen molar-refractivity contribution in [2.45, 2.75) is 25.1 Å². The summed E-state index contributed by atoms with van der Waals surface area (Å²) in [6, 6.07) is 6.21. The molecule has 1 heterocycles. The van der Waals surface area contributed by atoms with E-state index in [1.807, 2.05) is 6.07 Å². The van der Waals surface area contributed by atoms with Gasteiger partial charge in [-0.15, -0.1) is 0 Å². The van der Waals surface area contributed by atoms with Crippen molar-refractivity contribution in [3.05, 3.63) is 34.3 Å². The number of carboxylic acid groups (broad SMARTS) is 1. The van der Waals surface area contributed by atoms with Gasteiger partial charge in [-0.3, -0.25) is 9.69 Å². The monoisotopic (exact) mass is 280 g/mol. The van der Waals surface area contributed by atoms with Gasteiger partial charge in [0.05, 0.1) is 17.7 Å². The van der Waals surface area contributed by atoms with Gasteiger partial charge in [-0.2, -0.15) is 5.26 Å². The highest BCUT2D eigenvalue weighted by Gasteiger charge is 2.35. The van der Waals surface area contributed by atoms with Crippen LogP contribution in [0.3, 0.4) is 0 Å². The summed E-state index contributed by atoms with van der Waals surface area (Å²) in [4.78, 5) is 12.8. The Kier molecular flexibility index (Phi) is 4.05. The van der Waals surface area contributed by atoms with Crippen molar-refractivity contribution >= 4 is 17.6 Å². The van der Waals surface area contributed by atoms with Crippen molar-refractivity contribution in [3.63, 3.8) is 0 Å². The Morgan fingerprint density at radius 1 is 1.58 bits per heavy atom. The summed E-state index contributed by atoms with van der Waals surface area (Å²) >= 11 is 6.06.